The van der Waals surface area contributed by atoms with Gasteiger partial charge in [0.05, 0.1) is 36.0 Å². The molecule has 7 nitrogen and oxygen atoms in total. The van der Waals surface area contributed by atoms with Crippen LogP contribution in [0.15, 0.2) is 51.4 Å². The molecule has 4 aromatic rings. The highest BCUT2D eigenvalue weighted by Gasteiger charge is 2.33. The molecule has 154 valence electrons. The zero-order chi connectivity index (χ0) is 21.0. The predicted octanol–water partition coefficient (Wildman–Crippen LogP) is 2.90. The molecule has 3 aromatic heterocycles. The summed E-state index contributed by atoms with van der Waals surface area (Å²) < 4.78 is 16.3. The number of hydrogen-bond donors (Lipinski definition) is 0. The van der Waals surface area contributed by atoms with Gasteiger partial charge in [-0.2, -0.15) is 0 Å². The van der Waals surface area contributed by atoms with Gasteiger partial charge in [0.2, 0.25) is 0 Å². The zero-order valence-electron chi connectivity index (χ0n) is 16.9. The fourth-order valence-corrected chi connectivity index (χ4v) is 5.06. The number of benzene rings is 1. The second-order valence-electron chi connectivity index (χ2n) is 7.31. The van der Waals surface area contributed by atoms with E-state index >= 15 is 0 Å². The third-order valence-electron chi connectivity index (χ3n) is 5.72. The van der Waals surface area contributed by atoms with Crippen LogP contribution in [0.5, 0.6) is 5.75 Å². The Morgan fingerprint density at radius 1 is 1.10 bits per heavy atom. The number of fused-ring (bicyclic) bond motifs is 3. The van der Waals surface area contributed by atoms with Gasteiger partial charge >= 0.3 is 5.69 Å². The molecule has 0 spiro atoms. The maximum absolute atomic E-state index is 13.3. The summed E-state index contributed by atoms with van der Waals surface area (Å²) in [4.78, 5) is 27.1. The van der Waals surface area contributed by atoms with Gasteiger partial charge in [-0.15, -0.1) is 11.3 Å². The van der Waals surface area contributed by atoms with Crippen LogP contribution >= 0.6 is 11.3 Å². The minimum atomic E-state index is -0.349. The molecule has 4 heterocycles. The molecule has 0 radical (unpaired) electrons. The Morgan fingerprint density at radius 2 is 1.87 bits per heavy atom. The molecular formula is C22H21N3O4S. The predicted molar refractivity (Wildman–Crippen MR) is 117 cm³/mol. The first-order chi connectivity index (χ1) is 14.5. The summed E-state index contributed by atoms with van der Waals surface area (Å²) in [5.74, 6) is 0.744. The fourth-order valence-electron chi connectivity index (χ4n) is 4.29. The summed E-state index contributed by atoms with van der Waals surface area (Å²) in [7, 11) is 4.85. The Labute approximate surface area is 176 Å². The van der Waals surface area contributed by atoms with E-state index in [1.807, 2.05) is 41.8 Å². The van der Waals surface area contributed by atoms with E-state index < -0.39 is 0 Å². The molecular weight excluding hydrogens is 402 g/mol. The van der Waals surface area contributed by atoms with Crippen molar-refractivity contribution in [1.29, 1.82) is 0 Å². The van der Waals surface area contributed by atoms with Crippen LogP contribution in [-0.4, -0.2) is 27.4 Å². The number of aryl methyl sites for hydroxylation is 1. The molecule has 1 atom stereocenters. The van der Waals surface area contributed by atoms with Crippen molar-refractivity contribution in [3.8, 4) is 17.0 Å². The third kappa shape index (κ3) is 2.60. The van der Waals surface area contributed by atoms with Crippen LogP contribution in [0.25, 0.3) is 22.2 Å². The van der Waals surface area contributed by atoms with Gasteiger partial charge in [0.25, 0.3) is 5.56 Å². The fraction of sp³-hybridized carbons (Fsp3) is 0.273. The average molecular weight is 423 g/mol. The second kappa shape index (κ2) is 7.00. The van der Waals surface area contributed by atoms with Crippen LogP contribution in [0.3, 0.4) is 0 Å². The molecule has 0 bridgehead atoms. The van der Waals surface area contributed by atoms with Crippen LogP contribution in [0.2, 0.25) is 0 Å². The van der Waals surface area contributed by atoms with Crippen molar-refractivity contribution in [1.82, 2.24) is 13.7 Å². The molecule has 1 unspecified atom stereocenters. The van der Waals surface area contributed by atoms with Crippen molar-refractivity contribution >= 4 is 22.2 Å². The summed E-state index contributed by atoms with van der Waals surface area (Å²) in [5, 5.41) is 2.54. The minimum absolute atomic E-state index is 0.300. The van der Waals surface area contributed by atoms with Crippen LogP contribution in [0, 0.1) is 0 Å². The Bertz CT molecular complexity index is 1360. The number of methoxy groups -OCH3 is 1. The Hall–Kier alpha value is -3.10. The van der Waals surface area contributed by atoms with Gasteiger partial charge in [0.1, 0.15) is 11.9 Å². The van der Waals surface area contributed by atoms with E-state index in [1.54, 1.807) is 30.1 Å². The lowest BCUT2D eigenvalue weighted by atomic mass is 10.1. The summed E-state index contributed by atoms with van der Waals surface area (Å²) in [6.07, 6.45) is -0.328. The van der Waals surface area contributed by atoms with E-state index in [9.17, 15) is 9.59 Å². The molecule has 0 saturated heterocycles. The SMILES string of the molecule is COc1ccc(-c2c3c(=O)n(C)c(=O)n(C)c3c3n2CCOC3c2cccs2)cc1. The van der Waals surface area contributed by atoms with Crippen molar-refractivity contribution in [2.75, 3.05) is 13.7 Å². The minimum Gasteiger partial charge on any atom is -0.497 e. The molecule has 8 heteroatoms. The number of hydrogen-bond acceptors (Lipinski definition) is 5. The quantitative estimate of drug-likeness (QED) is 0.508. The summed E-state index contributed by atoms with van der Waals surface area (Å²) in [5.41, 5.74) is 2.54. The van der Waals surface area contributed by atoms with Gasteiger partial charge in [0.15, 0.2) is 0 Å². The van der Waals surface area contributed by atoms with Crippen molar-refractivity contribution in [2.24, 2.45) is 14.1 Å². The summed E-state index contributed by atoms with van der Waals surface area (Å²) >= 11 is 1.60. The number of rotatable bonds is 3. The van der Waals surface area contributed by atoms with E-state index in [0.717, 1.165) is 27.6 Å². The highest BCUT2D eigenvalue weighted by molar-refractivity contribution is 7.10. The molecule has 1 aliphatic rings. The first-order valence-electron chi connectivity index (χ1n) is 9.64. The van der Waals surface area contributed by atoms with E-state index in [-0.39, 0.29) is 17.4 Å². The molecule has 1 aromatic carbocycles. The van der Waals surface area contributed by atoms with Gasteiger partial charge in [0, 0.05) is 25.5 Å². The molecule has 0 amide bonds. The van der Waals surface area contributed by atoms with Crippen LogP contribution in [0.1, 0.15) is 16.7 Å². The van der Waals surface area contributed by atoms with Crippen molar-refractivity contribution in [3.63, 3.8) is 0 Å². The Morgan fingerprint density at radius 3 is 2.53 bits per heavy atom. The molecule has 0 fully saturated rings. The lowest BCUT2D eigenvalue weighted by Crippen LogP contribution is -2.37. The first kappa shape index (κ1) is 18.9. The maximum Gasteiger partial charge on any atom is 0.331 e. The lowest BCUT2D eigenvalue weighted by molar-refractivity contribution is 0.0500. The highest BCUT2D eigenvalue weighted by atomic mass is 32.1. The van der Waals surface area contributed by atoms with Crippen LogP contribution in [-0.2, 0) is 25.4 Å². The lowest BCUT2D eigenvalue weighted by Gasteiger charge is -2.26. The van der Waals surface area contributed by atoms with Crippen molar-refractivity contribution in [2.45, 2.75) is 12.6 Å². The van der Waals surface area contributed by atoms with Gasteiger partial charge in [-0.05, 0) is 41.3 Å². The largest absolute Gasteiger partial charge is 0.497 e. The standard InChI is InChI=1S/C22H21N3O4S/c1-23-18-16(21(26)24(2)22(23)27)17(13-6-8-14(28-3)9-7-13)25-10-11-29-20(19(18)25)15-5-4-12-30-15/h4-9,12,20H,10-11H2,1-3H3. The second-order valence-corrected chi connectivity index (χ2v) is 8.29. The highest BCUT2D eigenvalue weighted by Crippen LogP contribution is 2.41. The van der Waals surface area contributed by atoms with E-state index in [0.29, 0.717) is 24.1 Å². The average Bonchev–Trinajstić information content (AvgIpc) is 3.42. The number of thiophene rings is 1. The van der Waals surface area contributed by atoms with E-state index in [1.165, 1.54) is 11.6 Å². The van der Waals surface area contributed by atoms with E-state index in [2.05, 4.69) is 4.57 Å². The number of aromatic nitrogens is 3. The van der Waals surface area contributed by atoms with Crippen molar-refractivity contribution < 1.29 is 9.47 Å². The molecule has 0 saturated carbocycles. The summed E-state index contributed by atoms with van der Waals surface area (Å²) in [6.45, 7) is 1.12. The number of nitrogens with zero attached hydrogens (tertiary/aromatic N) is 3. The molecule has 5 rings (SSSR count). The Balaban J connectivity index is 1.93. The number of ether oxygens (including phenoxy) is 2. The zero-order valence-corrected chi connectivity index (χ0v) is 17.7. The van der Waals surface area contributed by atoms with Gasteiger partial charge in [-0.25, -0.2) is 4.79 Å². The van der Waals surface area contributed by atoms with Gasteiger partial charge in [-0.1, -0.05) is 6.07 Å². The van der Waals surface area contributed by atoms with E-state index in [4.69, 9.17) is 9.47 Å². The molecule has 0 aliphatic carbocycles. The monoisotopic (exact) mass is 423 g/mol. The van der Waals surface area contributed by atoms with Gasteiger partial charge < -0.3 is 14.0 Å². The third-order valence-corrected chi connectivity index (χ3v) is 6.63. The Kier molecular flexibility index (Phi) is 4.41. The summed E-state index contributed by atoms with van der Waals surface area (Å²) in [6, 6.07) is 11.7. The normalized spacial score (nSPS) is 16.0. The molecule has 1 aliphatic heterocycles. The van der Waals surface area contributed by atoms with Crippen LogP contribution in [0.4, 0.5) is 0 Å². The van der Waals surface area contributed by atoms with Gasteiger partial charge in [-0.3, -0.25) is 13.9 Å². The smallest absolute Gasteiger partial charge is 0.331 e. The molecule has 0 N–H and O–H groups in total. The van der Waals surface area contributed by atoms with Crippen molar-refractivity contribution in [3.05, 3.63) is 73.2 Å². The molecule has 30 heavy (non-hydrogen) atoms. The van der Waals surface area contributed by atoms with Crippen LogP contribution < -0.4 is 16.0 Å². The maximum atomic E-state index is 13.3. The topological polar surface area (TPSA) is 67.4 Å². The first-order valence-corrected chi connectivity index (χ1v) is 10.5.